The number of hydrogen-bond acceptors (Lipinski definition) is 1. The average Bonchev–Trinajstić information content (AvgIpc) is 2.27. The van der Waals surface area contributed by atoms with E-state index in [9.17, 15) is 0 Å². The minimum atomic E-state index is -0.189. The Morgan fingerprint density at radius 3 is 2.90 bits per heavy atom. The molecule has 1 nitrogen and oxygen atoms in total. The van der Waals surface area contributed by atoms with E-state index in [4.69, 9.17) is 12.2 Å². The first-order valence-corrected chi connectivity index (χ1v) is 5.68. The van der Waals surface area contributed by atoms with Crippen molar-refractivity contribution in [2.24, 2.45) is 0 Å². The zero-order chi connectivity index (χ0) is 6.97. The second kappa shape index (κ2) is 2.50. The van der Waals surface area contributed by atoms with Crippen LogP contribution in [0.3, 0.4) is 0 Å². The fourth-order valence-electron chi connectivity index (χ4n) is 0.894. The molecule has 0 atom stereocenters. The number of rotatable bonds is 0. The van der Waals surface area contributed by atoms with E-state index in [1.54, 1.807) is 0 Å². The Hall–Kier alpha value is -0.100. The topological polar surface area (TPSA) is 15.8 Å². The number of para-hydroxylation sites is 1. The van der Waals surface area contributed by atoms with E-state index in [0.717, 1.165) is 2.66 Å². The first-order valence-electron chi connectivity index (χ1n) is 2.94. The van der Waals surface area contributed by atoms with Crippen LogP contribution in [0.2, 0.25) is 0 Å². The van der Waals surface area contributed by atoms with Gasteiger partial charge in [0.05, 0.1) is 0 Å². The molecule has 0 radical (unpaired) electrons. The molecule has 3 heteroatoms. The van der Waals surface area contributed by atoms with Gasteiger partial charge >= 0.3 is 73.5 Å². The van der Waals surface area contributed by atoms with E-state index in [-0.39, 0.29) is 20.4 Å². The van der Waals surface area contributed by atoms with E-state index < -0.39 is 0 Å². The fraction of sp³-hybridized carbons (Fsp3) is 0. The van der Waals surface area contributed by atoms with Crippen molar-refractivity contribution < 1.29 is 0 Å². The molecule has 0 aliphatic carbocycles. The molecule has 2 aromatic rings. The first-order chi connectivity index (χ1) is 4.86. The van der Waals surface area contributed by atoms with Gasteiger partial charge in [0.15, 0.2) is 0 Å². The van der Waals surface area contributed by atoms with Crippen LogP contribution in [0.4, 0.5) is 0 Å². The van der Waals surface area contributed by atoms with Gasteiger partial charge in [0.1, 0.15) is 0 Å². The van der Waals surface area contributed by atoms with E-state index in [0.29, 0.717) is 0 Å². The average molecular weight is 263 g/mol. The summed E-state index contributed by atoms with van der Waals surface area (Å²) in [6.07, 6.45) is 0. The molecule has 0 fully saturated rings. The first kappa shape index (κ1) is 6.60. The summed E-state index contributed by atoms with van der Waals surface area (Å²) in [5.41, 5.74) is 1.23. The molecule has 0 saturated heterocycles. The fourth-order valence-corrected chi connectivity index (χ4v) is 3.71. The Labute approximate surface area is 73.3 Å². The molecule has 1 aromatic heterocycles. The van der Waals surface area contributed by atoms with Gasteiger partial charge in [0, 0.05) is 0 Å². The number of fused-ring (bicyclic) bond motifs is 1. The van der Waals surface area contributed by atoms with Crippen LogP contribution in [-0.2, 0) is 0 Å². The van der Waals surface area contributed by atoms with Gasteiger partial charge in [-0.15, -0.1) is 0 Å². The maximum atomic E-state index is 5.07. The normalized spacial score (nSPS) is 10.4. The van der Waals surface area contributed by atoms with E-state index in [1.165, 1.54) is 8.92 Å². The van der Waals surface area contributed by atoms with Crippen molar-refractivity contribution in [3.8, 4) is 0 Å². The summed E-state index contributed by atoms with van der Waals surface area (Å²) in [4.78, 5) is 3.19. The quantitative estimate of drug-likeness (QED) is 0.567. The summed E-state index contributed by atoms with van der Waals surface area (Å²) < 4.78 is 2.50. The molecule has 0 bridgehead atoms. The monoisotopic (exact) mass is 265 g/mol. The van der Waals surface area contributed by atoms with Gasteiger partial charge in [0.25, 0.3) is 0 Å². The summed E-state index contributed by atoms with van der Waals surface area (Å²) in [6.45, 7) is 0. The number of benzene rings is 1. The standard InChI is InChI=1S/C7H5NSTe/c9-7-8-5-3-1-2-4-6(5)10-7/h1-4H,(H,8,9). The molecule has 0 unspecified atom stereocenters. The summed E-state index contributed by atoms with van der Waals surface area (Å²) >= 11 is 4.88. The molecule has 2 rings (SSSR count). The van der Waals surface area contributed by atoms with Crippen LogP contribution in [0.15, 0.2) is 24.3 Å². The number of H-pyrrole nitrogens is 1. The molecule has 10 heavy (non-hydrogen) atoms. The van der Waals surface area contributed by atoms with Crippen molar-refractivity contribution in [2.75, 3.05) is 0 Å². The van der Waals surface area contributed by atoms with Crippen LogP contribution in [0.1, 0.15) is 0 Å². The Bertz CT molecular complexity index is 365. The minimum absolute atomic E-state index is 0.189. The number of nitrogens with one attached hydrogen (secondary N) is 1. The molecule has 0 spiro atoms. The molecule has 1 aromatic carbocycles. The number of hydrogen-bond donors (Lipinski definition) is 1. The van der Waals surface area contributed by atoms with Crippen LogP contribution < -0.4 is 0 Å². The van der Waals surface area contributed by atoms with Crippen molar-refractivity contribution in [3.63, 3.8) is 0 Å². The number of aromatic amines is 1. The van der Waals surface area contributed by atoms with Crippen molar-refractivity contribution in [3.05, 3.63) is 26.9 Å². The van der Waals surface area contributed by atoms with Crippen LogP contribution in [0.25, 0.3) is 8.92 Å². The third-order valence-corrected chi connectivity index (χ3v) is 4.45. The van der Waals surface area contributed by atoms with E-state index >= 15 is 0 Å². The summed E-state index contributed by atoms with van der Waals surface area (Å²) in [5.74, 6) is 0. The molecule has 1 N–H and O–H groups in total. The SMILES string of the molecule is S=c1[nH]c2ccccc2[te]1. The van der Waals surface area contributed by atoms with Crippen LogP contribution in [0.5, 0.6) is 0 Å². The second-order valence-corrected chi connectivity index (χ2v) is 6.23. The molecule has 1 heterocycles. The Morgan fingerprint density at radius 2 is 2.10 bits per heavy atom. The van der Waals surface area contributed by atoms with Crippen LogP contribution in [-0.4, -0.2) is 25.4 Å². The third kappa shape index (κ3) is 1.05. The van der Waals surface area contributed by atoms with Crippen LogP contribution in [0, 0.1) is 2.66 Å². The van der Waals surface area contributed by atoms with Crippen molar-refractivity contribution in [1.82, 2.24) is 4.98 Å². The zero-order valence-electron chi connectivity index (χ0n) is 5.13. The van der Waals surface area contributed by atoms with Gasteiger partial charge in [0.2, 0.25) is 0 Å². The van der Waals surface area contributed by atoms with Crippen molar-refractivity contribution >= 4 is 41.6 Å². The number of aromatic nitrogens is 1. The summed E-state index contributed by atoms with van der Waals surface area (Å²) in [7, 11) is 0. The molecule has 0 aliphatic rings. The molecule has 50 valence electrons. The molecular formula is C7H5NSTe. The van der Waals surface area contributed by atoms with Crippen LogP contribution >= 0.6 is 12.2 Å². The van der Waals surface area contributed by atoms with Crippen molar-refractivity contribution in [1.29, 1.82) is 0 Å². The van der Waals surface area contributed by atoms with Gasteiger partial charge in [-0.05, 0) is 0 Å². The Balaban J connectivity index is 3.01. The van der Waals surface area contributed by atoms with Gasteiger partial charge < -0.3 is 0 Å². The summed E-state index contributed by atoms with van der Waals surface area (Å²) in [5, 5.41) is 0. The third-order valence-electron chi connectivity index (χ3n) is 1.33. The van der Waals surface area contributed by atoms with Crippen molar-refractivity contribution in [2.45, 2.75) is 0 Å². The van der Waals surface area contributed by atoms with E-state index in [1.807, 2.05) is 6.07 Å². The van der Waals surface area contributed by atoms with Gasteiger partial charge in [-0.2, -0.15) is 0 Å². The maximum absolute atomic E-state index is 5.07. The predicted molar refractivity (Wildman–Crippen MR) is 46.1 cm³/mol. The van der Waals surface area contributed by atoms with E-state index in [2.05, 4.69) is 23.2 Å². The molecule has 0 amide bonds. The summed E-state index contributed by atoms with van der Waals surface area (Å²) in [6, 6.07) is 8.34. The van der Waals surface area contributed by atoms with Gasteiger partial charge in [-0.25, -0.2) is 0 Å². The van der Waals surface area contributed by atoms with Gasteiger partial charge in [-0.1, -0.05) is 0 Å². The Morgan fingerprint density at radius 1 is 1.30 bits per heavy atom. The molecule has 0 aliphatic heterocycles. The zero-order valence-corrected chi connectivity index (χ0v) is 8.27. The molecule has 0 saturated carbocycles. The second-order valence-electron chi connectivity index (χ2n) is 2.01. The molecular weight excluding hydrogens is 258 g/mol. The predicted octanol–water partition coefficient (Wildman–Crippen LogP) is 1.95. The Kier molecular flexibility index (Phi) is 1.65. The van der Waals surface area contributed by atoms with Gasteiger partial charge in [-0.3, -0.25) is 0 Å².